The summed E-state index contributed by atoms with van der Waals surface area (Å²) in [4.78, 5) is 23.9. The molecular weight excluding hydrogens is 282 g/mol. The number of esters is 1. The van der Waals surface area contributed by atoms with Gasteiger partial charge in [-0.3, -0.25) is 4.79 Å². The van der Waals surface area contributed by atoms with E-state index >= 15 is 0 Å². The van der Waals surface area contributed by atoms with Crippen molar-refractivity contribution in [3.63, 3.8) is 0 Å². The lowest BCUT2D eigenvalue weighted by molar-refractivity contribution is -0.150. The van der Waals surface area contributed by atoms with Crippen LogP contribution in [0.15, 0.2) is 23.8 Å². The highest BCUT2D eigenvalue weighted by Crippen LogP contribution is 2.24. The topological polar surface area (TPSA) is 76.4 Å². The van der Waals surface area contributed by atoms with Crippen molar-refractivity contribution in [2.75, 3.05) is 7.11 Å². The number of ether oxygens (including phenoxy) is 2. The van der Waals surface area contributed by atoms with Gasteiger partial charge in [-0.05, 0) is 52.0 Å². The van der Waals surface area contributed by atoms with Crippen LogP contribution in [0.2, 0.25) is 0 Å². The van der Waals surface area contributed by atoms with E-state index in [1.807, 2.05) is 6.07 Å². The van der Waals surface area contributed by atoms with E-state index in [0.29, 0.717) is 16.9 Å². The Hall–Kier alpha value is -2.61. The molecule has 0 spiro atoms. The minimum absolute atomic E-state index is 0.0714. The summed E-state index contributed by atoms with van der Waals surface area (Å²) in [5.41, 5.74) is 0.187. The van der Waals surface area contributed by atoms with Crippen LogP contribution in [0.4, 0.5) is 0 Å². The number of nitriles is 1. The third kappa shape index (κ3) is 4.74. The fraction of sp³-hybridized carbons (Fsp3) is 0.353. The van der Waals surface area contributed by atoms with Crippen molar-refractivity contribution in [2.45, 2.75) is 33.3 Å². The van der Waals surface area contributed by atoms with E-state index in [0.717, 1.165) is 0 Å². The number of hydrogen-bond donors (Lipinski definition) is 0. The number of methoxy groups -OCH3 is 1. The van der Waals surface area contributed by atoms with E-state index in [-0.39, 0.29) is 5.57 Å². The Kier molecular flexibility index (Phi) is 5.47. The Labute approximate surface area is 130 Å². The van der Waals surface area contributed by atoms with Crippen LogP contribution < -0.4 is 4.74 Å². The summed E-state index contributed by atoms with van der Waals surface area (Å²) in [5, 5.41) is 8.89. The lowest BCUT2D eigenvalue weighted by Crippen LogP contribution is -2.26. The van der Waals surface area contributed by atoms with Gasteiger partial charge in [-0.25, -0.2) is 4.79 Å². The molecule has 0 bridgehead atoms. The monoisotopic (exact) mass is 301 g/mol. The zero-order chi connectivity index (χ0) is 16.9. The van der Waals surface area contributed by atoms with Crippen molar-refractivity contribution >= 4 is 17.8 Å². The molecular formula is C17H19NO4. The van der Waals surface area contributed by atoms with Crippen molar-refractivity contribution in [3.05, 3.63) is 34.9 Å². The third-order valence-electron chi connectivity index (χ3n) is 2.66. The van der Waals surface area contributed by atoms with Gasteiger partial charge in [0.25, 0.3) is 0 Å². The van der Waals surface area contributed by atoms with Crippen molar-refractivity contribution in [2.24, 2.45) is 0 Å². The van der Waals surface area contributed by atoms with Crippen LogP contribution in [0.3, 0.4) is 0 Å². The molecule has 22 heavy (non-hydrogen) atoms. The second-order valence-corrected chi connectivity index (χ2v) is 5.68. The van der Waals surface area contributed by atoms with Crippen LogP contribution in [0.25, 0.3) is 6.08 Å². The van der Waals surface area contributed by atoms with Crippen LogP contribution >= 0.6 is 0 Å². The molecule has 0 aliphatic carbocycles. The van der Waals surface area contributed by atoms with Crippen molar-refractivity contribution < 1.29 is 19.1 Å². The fourth-order valence-electron chi connectivity index (χ4n) is 1.69. The molecule has 5 heteroatoms. The summed E-state index contributed by atoms with van der Waals surface area (Å²) in [6, 6.07) is 6.74. The second kappa shape index (κ2) is 6.90. The SMILES string of the molecule is COc1cc(C#N)ccc1/C=C(\C(C)=O)C(=O)OC(C)(C)C. The summed E-state index contributed by atoms with van der Waals surface area (Å²) >= 11 is 0. The van der Waals surface area contributed by atoms with E-state index in [1.54, 1.807) is 39.0 Å². The molecule has 0 N–H and O–H groups in total. The number of ketones is 1. The maximum atomic E-state index is 12.1. The van der Waals surface area contributed by atoms with Crippen molar-refractivity contribution in [1.29, 1.82) is 5.26 Å². The molecule has 0 aliphatic heterocycles. The lowest BCUT2D eigenvalue weighted by atomic mass is 10.0. The standard InChI is InChI=1S/C17H19NO4/c1-11(19)14(16(20)22-17(2,3)4)9-13-7-6-12(10-18)8-15(13)21-5/h6-9H,1-5H3/b14-9+. The van der Waals surface area contributed by atoms with Gasteiger partial charge in [-0.15, -0.1) is 0 Å². The maximum absolute atomic E-state index is 12.1. The quantitative estimate of drug-likeness (QED) is 0.370. The molecule has 1 aromatic rings. The molecule has 116 valence electrons. The molecule has 5 nitrogen and oxygen atoms in total. The van der Waals surface area contributed by atoms with E-state index in [4.69, 9.17) is 14.7 Å². The zero-order valence-electron chi connectivity index (χ0n) is 13.4. The maximum Gasteiger partial charge on any atom is 0.342 e. The summed E-state index contributed by atoms with van der Waals surface area (Å²) < 4.78 is 10.4. The Bertz CT molecular complexity index is 660. The van der Waals surface area contributed by atoms with Gasteiger partial charge in [0.2, 0.25) is 0 Å². The van der Waals surface area contributed by atoms with Crippen molar-refractivity contribution in [1.82, 2.24) is 0 Å². The van der Waals surface area contributed by atoms with Crippen LogP contribution in [0.5, 0.6) is 5.75 Å². The average Bonchev–Trinajstić information content (AvgIpc) is 2.42. The molecule has 0 unspecified atom stereocenters. The smallest absolute Gasteiger partial charge is 0.342 e. The molecule has 0 atom stereocenters. The minimum atomic E-state index is -0.694. The van der Waals surface area contributed by atoms with Gasteiger partial charge in [0.1, 0.15) is 16.9 Å². The van der Waals surface area contributed by atoms with E-state index < -0.39 is 17.4 Å². The highest BCUT2D eigenvalue weighted by molar-refractivity contribution is 6.20. The van der Waals surface area contributed by atoms with Gasteiger partial charge in [0, 0.05) is 5.56 Å². The van der Waals surface area contributed by atoms with Crippen LogP contribution in [-0.2, 0) is 14.3 Å². The first-order chi connectivity index (χ1) is 10.2. The predicted molar refractivity (Wildman–Crippen MR) is 82.2 cm³/mol. The summed E-state index contributed by atoms with van der Waals surface area (Å²) in [5.74, 6) is -0.687. The minimum Gasteiger partial charge on any atom is -0.496 e. The number of Topliss-reactive ketones (excluding diaryl/α,β-unsaturated/α-hetero) is 1. The Morgan fingerprint density at radius 2 is 1.91 bits per heavy atom. The highest BCUT2D eigenvalue weighted by Gasteiger charge is 2.23. The molecule has 0 fully saturated rings. The Morgan fingerprint density at radius 3 is 2.36 bits per heavy atom. The highest BCUT2D eigenvalue weighted by atomic mass is 16.6. The Morgan fingerprint density at radius 1 is 1.27 bits per heavy atom. The summed E-state index contributed by atoms with van der Waals surface area (Å²) in [6.45, 7) is 6.48. The molecule has 0 saturated heterocycles. The number of nitrogens with zero attached hydrogens (tertiary/aromatic N) is 1. The largest absolute Gasteiger partial charge is 0.496 e. The molecule has 0 aromatic heterocycles. The van der Waals surface area contributed by atoms with Gasteiger partial charge < -0.3 is 9.47 Å². The number of benzene rings is 1. The number of carbonyl (C=O) groups excluding carboxylic acids is 2. The fourth-order valence-corrected chi connectivity index (χ4v) is 1.69. The van der Waals surface area contributed by atoms with Gasteiger partial charge in [0.15, 0.2) is 5.78 Å². The molecule has 0 saturated carbocycles. The second-order valence-electron chi connectivity index (χ2n) is 5.68. The third-order valence-corrected chi connectivity index (χ3v) is 2.66. The Balaban J connectivity index is 3.28. The van der Waals surface area contributed by atoms with Gasteiger partial charge in [-0.1, -0.05) is 0 Å². The molecule has 0 heterocycles. The van der Waals surface area contributed by atoms with Gasteiger partial charge in [-0.2, -0.15) is 5.26 Å². The van der Waals surface area contributed by atoms with E-state index in [2.05, 4.69) is 0 Å². The van der Waals surface area contributed by atoms with E-state index in [9.17, 15) is 9.59 Å². The van der Waals surface area contributed by atoms with Crippen LogP contribution in [-0.4, -0.2) is 24.5 Å². The van der Waals surface area contributed by atoms with Crippen LogP contribution in [0, 0.1) is 11.3 Å². The molecule has 0 aliphatic rings. The molecule has 1 rings (SSSR count). The predicted octanol–water partition coefficient (Wildman–Crippen LogP) is 2.88. The summed E-state index contributed by atoms with van der Waals surface area (Å²) in [7, 11) is 1.45. The molecule has 0 radical (unpaired) electrons. The first-order valence-corrected chi connectivity index (χ1v) is 6.72. The lowest BCUT2D eigenvalue weighted by Gasteiger charge is -2.20. The number of hydrogen-bond acceptors (Lipinski definition) is 5. The van der Waals surface area contributed by atoms with Gasteiger partial charge >= 0.3 is 5.97 Å². The summed E-state index contributed by atoms with van der Waals surface area (Å²) in [6.07, 6.45) is 1.41. The van der Waals surface area contributed by atoms with Crippen LogP contribution in [0.1, 0.15) is 38.8 Å². The number of carbonyl (C=O) groups is 2. The van der Waals surface area contributed by atoms with Crippen molar-refractivity contribution in [3.8, 4) is 11.8 Å². The first-order valence-electron chi connectivity index (χ1n) is 6.72. The van der Waals surface area contributed by atoms with Gasteiger partial charge in [0.05, 0.1) is 18.7 Å². The zero-order valence-corrected chi connectivity index (χ0v) is 13.4. The number of rotatable bonds is 4. The van der Waals surface area contributed by atoms with E-state index in [1.165, 1.54) is 20.1 Å². The molecule has 0 amide bonds. The molecule has 1 aromatic carbocycles. The average molecular weight is 301 g/mol. The first kappa shape index (κ1) is 17.4. The normalized spacial score (nSPS) is 11.5.